The van der Waals surface area contributed by atoms with Crippen molar-refractivity contribution in [3.05, 3.63) is 83.0 Å². The van der Waals surface area contributed by atoms with E-state index in [4.69, 9.17) is 0 Å². The number of rotatable bonds is 8. The maximum absolute atomic E-state index is 12.7. The molecule has 0 fully saturated rings. The lowest BCUT2D eigenvalue weighted by atomic mass is 10.0. The Balaban J connectivity index is 1.41. The Hall–Kier alpha value is -3.89. The van der Waals surface area contributed by atoms with Crippen molar-refractivity contribution < 1.29 is 18.0 Å². The summed E-state index contributed by atoms with van der Waals surface area (Å²) in [4.78, 5) is 34.0. The maximum Gasteiger partial charge on any atom is 0.251 e. The fourth-order valence-corrected chi connectivity index (χ4v) is 5.92. The van der Waals surface area contributed by atoms with Crippen molar-refractivity contribution in [2.24, 2.45) is 0 Å². The van der Waals surface area contributed by atoms with Gasteiger partial charge in [0.25, 0.3) is 5.91 Å². The minimum atomic E-state index is -3.57. The molecule has 4 aromatic rings. The Morgan fingerprint density at radius 3 is 2.39 bits per heavy atom. The molecule has 2 aromatic carbocycles. The fourth-order valence-electron chi connectivity index (χ4n) is 3.80. The van der Waals surface area contributed by atoms with Gasteiger partial charge in [0, 0.05) is 28.9 Å². The van der Waals surface area contributed by atoms with E-state index in [9.17, 15) is 18.0 Å². The van der Waals surface area contributed by atoms with E-state index in [1.165, 1.54) is 17.4 Å². The number of pyridine rings is 1. The number of carbonyl (C=O) groups excluding carboxylic acids is 2. The average Bonchev–Trinajstić information content (AvgIpc) is 3.37. The van der Waals surface area contributed by atoms with Gasteiger partial charge in [-0.05, 0) is 80.3 Å². The number of anilines is 1. The summed E-state index contributed by atoms with van der Waals surface area (Å²) < 4.78 is 25.5. The third-order valence-electron chi connectivity index (χ3n) is 6.14. The van der Waals surface area contributed by atoms with Gasteiger partial charge in [-0.3, -0.25) is 14.6 Å². The minimum Gasteiger partial charge on any atom is -0.343 e. The molecular formula is C28H28N4O4S2. The van der Waals surface area contributed by atoms with Gasteiger partial charge >= 0.3 is 0 Å². The van der Waals surface area contributed by atoms with Crippen LogP contribution in [-0.2, 0) is 14.6 Å². The first kappa shape index (κ1) is 27.2. The van der Waals surface area contributed by atoms with E-state index in [2.05, 4.69) is 20.6 Å². The van der Waals surface area contributed by atoms with Crippen molar-refractivity contribution in [2.75, 3.05) is 11.9 Å². The summed E-state index contributed by atoms with van der Waals surface area (Å²) in [6, 6.07) is 14.8. The lowest BCUT2D eigenvalue weighted by Crippen LogP contribution is -2.33. The second-order valence-electron chi connectivity index (χ2n) is 9.10. The number of carbonyl (C=O) groups is 2. The average molecular weight is 549 g/mol. The summed E-state index contributed by atoms with van der Waals surface area (Å²) in [7, 11) is -3.57. The van der Waals surface area contributed by atoms with Crippen molar-refractivity contribution >= 4 is 38.1 Å². The molecule has 10 heteroatoms. The molecule has 2 aromatic heterocycles. The molecule has 0 radical (unpaired) electrons. The Bertz CT molecular complexity index is 1600. The van der Waals surface area contributed by atoms with E-state index in [1.54, 1.807) is 46.2 Å². The largest absolute Gasteiger partial charge is 0.343 e. The Kier molecular flexibility index (Phi) is 8.03. The molecule has 4 rings (SSSR count). The zero-order valence-electron chi connectivity index (χ0n) is 21.5. The molecule has 0 saturated carbocycles. The summed E-state index contributed by atoms with van der Waals surface area (Å²) in [5, 5.41) is 6.91. The van der Waals surface area contributed by atoms with E-state index < -0.39 is 26.9 Å². The first-order valence-corrected chi connectivity index (χ1v) is 14.4. The lowest BCUT2D eigenvalue weighted by Gasteiger charge is -2.15. The van der Waals surface area contributed by atoms with Crippen molar-refractivity contribution in [1.29, 1.82) is 0 Å². The molecule has 0 aliphatic rings. The second kappa shape index (κ2) is 11.2. The first-order chi connectivity index (χ1) is 18.1. The summed E-state index contributed by atoms with van der Waals surface area (Å²) in [6.45, 7) is 6.39. The molecule has 2 amide bonds. The van der Waals surface area contributed by atoms with E-state index in [-0.39, 0.29) is 17.0 Å². The Labute approximate surface area is 226 Å². The normalized spacial score (nSPS) is 11.4. The lowest BCUT2D eigenvalue weighted by molar-refractivity contribution is -0.115. The predicted molar refractivity (Wildman–Crippen MR) is 150 cm³/mol. The Morgan fingerprint density at radius 1 is 0.974 bits per heavy atom. The van der Waals surface area contributed by atoms with E-state index in [0.29, 0.717) is 16.3 Å². The molecule has 0 aliphatic carbocycles. The Morgan fingerprint density at radius 2 is 1.68 bits per heavy atom. The number of sulfone groups is 1. The van der Waals surface area contributed by atoms with Crippen molar-refractivity contribution in [3.63, 3.8) is 0 Å². The van der Waals surface area contributed by atoms with Crippen LogP contribution in [0.25, 0.3) is 22.4 Å². The molecule has 0 spiro atoms. The van der Waals surface area contributed by atoms with Gasteiger partial charge in [-0.25, -0.2) is 13.4 Å². The van der Waals surface area contributed by atoms with E-state index >= 15 is 0 Å². The highest BCUT2D eigenvalue weighted by atomic mass is 32.2. The summed E-state index contributed by atoms with van der Waals surface area (Å²) in [5.41, 5.74) is 5.18. The molecule has 0 bridgehead atoms. The van der Waals surface area contributed by atoms with E-state index in [0.717, 1.165) is 22.4 Å². The number of hydrogen-bond donors (Lipinski definition) is 2. The predicted octanol–water partition coefficient (Wildman–Crippen LogP) is 5.04. The molecule has 2 N–H and O–H groups in total. The summed E-state index contributed by atoms with van der Waals surface area (Å²) in [5.74, 6) is -0.972. The van der Waals surface area contributed by atoms with Crippen LogP contribution in [0, 0.1) is 13.8 Å². The third-order valence-corrected chi connectivity index (χ3v) is 9.18. The van der Waals surface area contributed by atoms with Gasteiger partial charge in [0.1, 0.15) is 0 Å². The van der Waals surface area contributed by atoms with Crippen molar-refractivity contribution in [1.82, 2.24) is 15.3 Å². The van der Waals surface area contributed by atoms with Crippen LogP contribution in [0.2, 0.25) is 0 Å². The van der Waals surface area contributed by atoms with Crippen molar-refractivity contribution in [2.45, 2.75) is 37.8 Å². The molecule has 8 nitrogen and oxygen atoms in total. The molecular weight excluding hydrogens is 520 g/mol. The number of nitrogens with zero attached hydrogens (tertiary/aromatic N) is 2. The quantitative estimate of drug-likeness (QED) is 0.319. The zero-order chi connectivity index (χ0) is 27.4. The standard InChI is InChI=1S/C28H28N4O4S2/c1-17(2)38(35,36)25-14-23(12-18(3)19(25)4)27(34)30-15-26(33)32-28-31-24(16-37-28)22-7-5-6-21(13-22)20-8-10-29-11-9-20/h5-14,16-17H,15H2,1-4H3,(H,30,34)(H,31,32,33). The number of benzene rings is 2. The van der Waals surface area contributed by atoms with Crippen LogP contribution >= 0.6 is 11.3 Å². The summed E-state index contributed by atoms with van der Waals surface area (Å²) >= 11 is 1.28. The highest BCUT2D eigenvalue weighted by Crippen LogP contribution is 2.29. The highest BCUT2D eigenvalue weighted by Gasteiger charge is 2.24. The van der Waals surface area contributed by atoms with Crippen molar-refractivity contribution in [3.8, 4) is 22.4 Å². The van der Waals surface area contributed by atoms with Gasteiger partial charge in [0.2, 0.25) is 5.91 Å². The first-order valence-electron chi connectivity index (χ1n) is 12.0. The molecule has 2 heterocycles. The topological polar surface area (TPSA) is 118 Å². The number of thiazole rings is 1. The highest BCUT2D eigenvalue weighted by molar-refractivity contribution is 7.92. The van der Waals surface area contributed by atoms with Crippen LogP contribution in [0.5, 0.6) is 0 Å². The molecule has 0 aliphatic heterocycles. The van der Waals surface area contributed by atoms with Gasteiger partial charge in [0.05, 0.1) is 22.4 Å². The number of aromatic nitrogens is 2. The molecule has 38 heavy (non-hydrogen) atoms. The number of amides is 2. The van der Waals surface area contributed by atoms with E-state index in [1.807, 2.05) is 41.8 Å². The van der Waals surface area contributed by atoms with Gasteiger partial charge < -0.3 is 10.6 Å². The van der Waals surface area contributed by atoms with Crippen LogP contribution < -0.4 is 10.6 Å². The molecule has 0 atom stereocenters. The van der Waals surface area contributed by atoms with Crippen LogP contribution in [-0.4, -0.2) is 42.0 Å². The van der Waals surface area contributed by atoms with Gasteiger partial charge in [-0.1, -0.05) is 18.2 Å². The molecule has 0 saturated heterocycles. The van der Waals surface area contributed by atoms with Crippen LogP contribution in [0.4, 0.5) is 5.13 Å². The van der Waals surface area contributed by atoms with Crippen LogP contribution in [0.1, 0.15) is 35.3 Å². The van der Waals surface area contributed by atoms with Crippen LogP contribution in [0.15, 0.2) is 71.2 Å². The minimum absolute atomic E-state index is 0.130. The maximum atomic E-state index is 12.7. The molecule has 196 valence electrons. The number of nitrogens with one attached hydrogen (secondary N) is 2. The van der Waals surface area contributed by atoms with Gasteiger partial charge in [0.15, 0.2) is 15.0 Å². The second-order valence-corrected chi connectivity index (χ2v) is 12.4. The fraction of sp³-hybridized carbons (Fsp3) is 0.214. The van der Waals surface area contributed by atoms with Gasteiger partial charge in [-0.15, -0.1) is 11.3 Å². The van der Waals surface area contributed by atoms with Crippen LogP contribution in [0.3, 0.4) is 0 Å². The van der Waals surface area contributed by atoms with Gasteiger partial charge in [-0.2, -0.15) is 0 Å². The SMILES string of the molecule is Cc1cc(C(=O)NCC(=O)Nc2nc(-c3cccc(-c4ccncc4)c3)cs2)cc(S(=O)(=O)C(C)C)c1C. The zero-order valence-corrected chi connectivity index (χ0v) is 23.1. The molecule has 0 unspecified atom stereocenters. The monoisotopic (exact) mass is 548 g/mol. The number of hydrogen-bond acceptors (Lipinski definition) is 7. The summed E-state index contributed by atoms with van der Waals surface area (Å²) in [6.07, 6.45) is 3.48. The third kappa shape index (κ3) is 5.98. The number of aryl methyl sites for hydroxylation is 1. The smallest absolute Gasteiger partial charge is 0.251 e.